The van der Waals surface area contributed by atoms with Gasteiger partial charge in [-0.1, -0.05) is 6.58 Å². The quantitative estimate of drug-likeness (QED) is 0.248. The number of fused-ring (bicyclic) bond motifs is 1. The summed E-state index contributed by atoms with van der Waals surface area (Å²) in [5, 5.41) is 13.9. The molecule has 188 valence electrons. The van der Waals surface area contributed by atoms with E-state index >= 15 is 0 Å². The number of Topliss-reactive ketones (excluding diaryl/α,β-unsaturated/α-hetero) is 1. The Bertz CT molecular complexity index is 1340. The van der Waals surface area contributed by atoms with Gasteiger partial charge < -0.3 is 9.47 Å². The number of nitrogens with zero attached hydrogens (tertiary/aromatic N) is 4. The summed E-state index contributed by atoms with van der Waals surface area (Å²) in [5.74, 6) is -0.0273. The summed E-state index contributed by atoms with van der Waals surface area (Å²) in [4.78, 5) is 17.5. The molecular formula is C27H28F2N4O3. The van der Waals surface area contributed by atoms with Crippen LogP contribution in [0.25, 0.3) is 16.9 Å². The van der Waals surface area contributed by atoms with Gasteiger partial charge in [-0.25, -0.2) is 13.9 Å². The Kier molecular flexibility index (Phi) is 7.07. The van der Waals surface area contributed by atoms with Crippen LogP contribution in [0, 0.1) is 17.2 Å². The van der Waals surface area contributed by atoms with E-state index in [0.717, 1.165) is 6.08 Å². The maximum absolute atomic E-state index is 14.2. The lowest BCUT2D eigenvalue weighted by Crippen LogP contribution is -2.15. The first-order valence-corrected chi connectivity index (χ1v) is 11.8. The number of imidazole rings is 1. The average Bonchev–Trinajstić information content (AvgIpc) is 3.40. The molecule has 0 bridgehead atoms. The lowest BCUT2D eigenvalue weighted by molar-refractivity contribution is 0.0940. The minimum atomic E-state index is -1.84. The van der Waals surface area contributed by atoms with Gasteiger partial charge in [-0.3, -0.25) is 4.79 Å². The number of ether oxygens (including phenoxy) is 2. The van der Waals surface area contributed by atoms with Crippen molar-refractivity contribution in [2.24, 2.45) is 5.92 Å². The normalized spacial score (nSPS) is 17.9. The predicted octanol–water partition coefficient (Wildman–Crippen LogP) is 5.78. The van der Waals surface area contributed by atoms with Crippen molar-refractivity contribution in [3.8, 4) is 28.8 Å². The van der Waals surface area contributed by atoms with Crippen molar-refractivity contribution in [2.75, 3.05) is 7.11 Å². The van der Waals surface area contributed by atoms with Crippen molar-refractivity contribution < 1.29 is 23.0 Å². The van der Waals surface area contributed by atoms with Crippen molar-refractivity contribution in [3.63, 3.8) is 0 Å². The standard InChI is InChI=1S/C27H28F2N4O3/c1-5-24(29)36-23-11-17(10-22(35-4)26(23)21(34)8-6-7-16-9-19(16)28)20-14-31-25-12-18(13-32-33(20)25)27(2,3)15-30/h5,10-14,16,19,24H,1,6-9H2,2-4H3/t16-,19+,24?/m1/s1. The van der Waals surface area contributed by atoms with Gasteiger partial charge in [0.1, 0.15) is 23.2 Å². The van der Waals surface area contributed by atoms with Gasteiger partial charge in [0.25, 0.3) is 6.36 Å². The number of aromatic nitrogens is 3. The molecule has 2 heterocycles. The second kappa shape index (κ2) is 10.1. The maximum atomic E-state index is 14.2. The van der Waals surface area contributed by atoms with Crippen LogP contribution < -0.4 is 9.47 Å². The molecule has 0 N–H and O–H groups in total. The highest BCUT2D eigenvalue weighted by molar-refractivity contribution is 6.02. The number of hydrogen-bond acceptors (Lipinski definition) is 6. The zero-order chi connectivity index (χ0) is 26.0. The second-order valence-corrected chi connectivity index (χ2v) is 9.48. The summed E-state index contributed by atoms with van der Waals surface area (Å²) in [6, 6.07) is 7.22. The Morgan fingerprint density at radius 2 is 2.08 bits per heavy atom. The molecule has 0 radical (unpaired) electrons. The number of carbonyl (C=O) groups excluding carboxylic acids is 1. The first-order chi connectivity index (χ1) is 17.2. The van der Waals surface area contributed by atoms with Crippen molar-refractivity contribution in [3.05, 3.63) is 54.4 Å². The van der Waals surface area contributed by atoms with Crippen molar-refractivity contribution in [2.45, 2.75) is 57.5 Å². The van der Waals surface area contributed by atoms with E-state index in [0.29, 0.717) is 41.7 Å². The predicted molar refractivity (Wildman–Crippen MR) is 131 cm³/mol. The lowest BCUT2D eigenvalue weighted by atomic mass is 9.88. The van der Waals surface area contributed by atoms with Gasteiger partial charge in [-0.2, -0.15) is 14.8 Å². The highest BCUT2D eigenvalue weighted by Crippen LogP contribution is 2.40. The second-order valence-electron chi connectivity index (χ2n) is 9.48. The highest BCUT2D eigenvalue weighted by atomic mass is 19.1. The molecule has 0 amide bonds. The van der Waals surface area contributed by atoms with E-state index in [1.165, 1.54) is 7.11 Å². The molecule has 2 aromatic heterocycles. The topological polar surface area (TPSA) is 89.5 Å². The Morgan fingerprint density at radius 3 is 2.72 bits per heavy atom. The van der Waals surface area contributed by atoms with E-state index in [4.69, 9.17) is 9.47 Å². The molecule has 7 nitrogen and oxygen atoms in total. The Morgan fingerprint density at radius 1 is 1.36 bits per heavy atom. The molecule has 1 unspecified atom stereocenters. The molecule has 1 aromatic carbocycles. The summed E-state index contributed by atoms with van der Waals surface area (Å²) in [6.07, 6.45) is 3.42. The minimum Gasteiger partial charge on any atom is -0.496 e. The van der Waals surface area contributed by atoms with E-state index < -0.39 is 17.9 Å². The molecule has 0 spiro atoms. The smallest absolute Gasteiger partial charge is 0.257 e. The van der Waals surface area contributed by atoms with Gasteiger partial charge in [0, 0.05) is 12.0 Å². The first-order valence-electron chi connectivity index (χ1n) is 11.8. The number of hydrogen-bond donors (Lipinski definition) is 0. The molecule has 3 aromatic rings. The van der Waals surface area contributed by atoms with Crippen molar-refractivity contribution in [1.82, 2.24) is 14.6 Å². The third-order valence-electron chi connectivity index (χ3n) is 6.46. The van der Waals surface area contributed by atoms with Crippen LogP contribution >= 0.6 is 0 Å². The Balaban J connectivity index is 1.72. The molecule has 0 aliphatic heterocycles. The van der Waals surface area contributed by atoms with Gasteiger partial charge in [-0.05, 0) is 68.9 Å². The summed E-state index contributed by atoms with van der Waals surface area (Å²) in [6.45, 7) is 6.99. The molecular weight excluding hydrogens is 466 g/mol. The van der Waals surface area contributed by atoms with Crippen LogP contribution in [-0.2, 0) is 5.41 Å². The number of alkyl halides is 2. The molecule has 1 saturated carbocycles. The summed E-state index contributed by atoms with van der Waals surface area (Å²) >= 11 is 0. The summed E-state index contributed by atoms with van der Waals surface area (Å²) in [7, 11) is 1.42. The molecule has 1 aliphatic rings. The molecule has 36 heavy (non-hydrogen) atoms. The number of nitriles is 1. The van der Waals surface area contributed by atoms with Gasteiger partial charge in [0.15, 0.2) is 11.4 Å². The van der Waals surface area contributed by atoms with Gasteiger partial charge in [-0.15, -0.1) is 0 Å². The average molecular weight is 495 g/mol. The molecule has 1 fully saturated rings. The van der Waals surface area contributed by atoms with Crippen molar-refractivity contribution in [1.29, 1.82) is 5.26 Å². The molecule has 1 aliphatic carbocycles. The fourth-order valence-electron chi connectivity index (χ4n) is 4.07. The van der Waals surface area contributed by atoms with E-state index in [-0.39, 0.29) is 35.2 Å². The summed E-state index contributed by atoms with van der Waals surface area (Å²) in [5.41, 5.74) is 1.73. The van der Waals surface area contributed by atoms with Crippen molar-refractivity contribution >= 4 is 11.4 Å². The molecule has 0 saturated heterocycles. The SMILES string of the molecule is C=CC(F)Oc1cc(-c2cnc3cc(C(C)(C)C#N)cnn23)cc(OC)c1C(=O)CCC[C@@H]1C[C@@H]1F. The lowest BCUT2D eigenvalue weighted by Gasteiger charge is -2.17. The number of halogens is 2. The number of carbonyl (C=O) groups is 1. The zero-order valence-corrected chi connectivity index (χ0v) is 20.5. The highest BCUT2D eigenvalue weighted by Gasteiger charge is 2.36. The molecule has 3 atom stereocenters. The fraction of sp³-hybridized carbons (Fsp3) is 0.407. The van der Waals surface area contributed by atoms with Crippen LogP contribution in [-0.4, -0.2) is 40.0 Å². The van der Waals surface area contributed by atoms with Crippen LogP contribution in [0.2, 0.25) is 0 Å². The molecule has 9 heteroatoms. The van der Waals surface area contributed by atoms with E-state index in [9.17, 15) is 18.8 Å². The van der Waals surface area contributed by atoms with Crippen LogP contribution in [0.5, 0.6) is 11.5 Å². The maximum Gasteiger partial charge on any atom is 0.257 e. The number of methoxy groups -OCH3 is 1. The van der Waals surface area contributed by atoms with Gasteiger partial charge in [0.05, 0.1) is 36.7 Å². The van der Waals surface area contributed by atoms with Crippen LogP contribution in [0.15, 0.2) is 43.2 Å². The monoisotopic (exact) mass is 494 g/mol. The van der Waals surface area contributed by atoms with Gasteiger partial charge >= 0.3 is 0 Å². The van der Waals surface area contributed by atoms with Crippen LogP contribution in [0.3, 0.4) is 0 Å². The van der Waals surface area contributed by atoms with E-state index in [1.54, 1.807) is 49.0 Å². The number of ketones is 1. The first kappa shape index (κ1) is 25.3. The Hall–Kier alpha value is -3.80. The van der Waals surface area contributed by atoms with Crippen LogP contribution in [0.4, 0.5) is 8.78 Å². The van der Waals surface area contributed by atoms with E-state index in [1.807, 2.05) is 0 Å². The Labute approximate surface area is 208 Å². The minimum absolute atomic E-state index is 0.00808. The zero-order valence-electron chi connectivity index (χ0n) is 20.5. The third kappa shape index (κ3) is 5.08. The summed E-state index contributed by atoms with van der Waals surface area (Å²) < 4.78 is 39.9. The van der Waals surface area contributed by atoms with Gasteiger partial charge in [0.2, 0.25) is 0 Å². The largest absolute Gasteiger partial charge is 0.496 e. The van der Waals surface area contributed by atoms with E-state index in [2.05, 4.69) is 22.7 Å². The van der Waals surface area contributed by atoms with Crippen LogP contribution in [0.1, 0.15) is 55.5 Å². The fourth-order valence-corrected chi connectivity index (χ4v) is 4.07. The number of benzene rings is 1. The number of rotatable bonds is 11. The third-order valence-corrected chi connectivity index (χ3v) is 6.46. The molecule has 4 rings (SSSR count).